The van der Waals surface area contributed by atoms with E-state index in [2.05, 4.69) is 36.6 Å². The number of fused-ring (bicyclic) bond motifs is 4. The minimum atomic E-state index is 0.000936. The molecule has 2 saturated carbocycles. The minimum absolute atomic E-state index is 0.000936. The van der Waals surface area contributed by atoms with Crippen LogP contribution in [0.25, 0.3) is 33.6 Å². The minimum Gasteiger partial charge on any atom is -0.494 e. The Morgan fingerprint density at radius 2 is 1.91 bits per heavy atom. The molecule has 11 heteroatoms. The molecule has 2 aliphatic carbocycles. The van der Waals surface area contributed by atoms with E-state index in [1.165, 1.54) is 12.8 Å². The van der Waals surface area contributed by atoms with Crippen molar-refractivity contribution in [1.29, 1.82) is 0 Å². The predicted octanol–water partition coefficient (Wildman–Crippen LogP) is 4.41. The molecule has 3 atom stereocenters. The highest BCUT2D eigenvalue weighted by Gasteiger charge is 2.47. The van der Waals surface area contributed by atoms with Gasteiger partial charge < -0.3 is 29.8 Å². The van der Waals surface area contributed by atoms with Crippen molar-refractivity contribution >= 4 is 39.6 Å². The lowest BCUT2D eigenvalue weighted by molar-refractivity contribution is 0.0700. The number of aryl methyl sites for hydroxylation is 2. The number of ether oxygens (including phenoxy) is 1. The number of carbonyl (C=O) groups is 1. The van der Waals surface area contributed by atoms with Gasteiger partial charge in [-0.15, -0.1) is 0 Å². The quantitative estimate of drug-likeness (QED) is 0.291. The topological polar surface area (TPSA) is 129 Å². The van der Waals surface area contributed by atoms with Gasteiger partial charge in [-0.05, 0) is 80.8 Å². The molecule has 43 heavy (non-hydrogen) atoms. The Labute approximate surface area is 249 Å². The molecule has 3 aliphatic rings. The van der Waals surface area contributed by atoms with Gasteiger partial charge in [-0.2, -0.15) is 0 Å². The van der Waals surface area contributed by atoms with Gasteiger partial charge in [0.1, 0.15) is 34.4 Å². The van der Waals surface area contributed by atoms with Gasteiger partial charge in [-0.25, -0.2) is 19.9 Å². The van der Waals surface area contributed by atoms with Gasteiger partial charge in [0, 0.05) is 49.4 Å². The van der Waals surface area contributed by atoms with Crippen molar-refractivity contribution in [3.05, 3.63) is 54.0 Å². The number of hydrogen-bond donors (Lipinski definition) is 2. The summed E-state index contributed by atoms with van der Waals surface area (Å²) in [6, 6.07) is 12.0. The molecule has 5 aromatic rings. The van der Waals surface area contributed by atoms with E-state index in [4.69, 9.17) is 20.4 Å². The normalized spacial score (nSPS) is 21.3. The first-order valence-corrected chi connectivity index (χ1v) is 15.1. The smallest absolute Gasteiger partial charge is 0.254 e. The van der Waals surface area contributed by atoms with Gasteiger partial charge in [0.25, 0.3) is 5.91 Å². The average Bonchev–Trinajstić information content (AvgIpc) is 3.41. The predicted molar refractivity (Wildman–Crippen MR) is 164 cm³/mol. The molecule has 3 fully saturated rings. The molecular formula is C32H35N9O2. The van der Waals surface area contributed by atoms with E-state index in [1.807, 2.05) is 43.1 Å². The molecule has 5 heterocycles. The Balaban J connectivity index is 1.21. The molecule has 11 nitrogen and oxygen atoms in total. The van der Waals surface area contributed by atoms with Crippen LogP contribution in [-0.4, -0.2) is 65.6 Å². The van der Waals surface area contributed by atoms with Gasteiger partial charge in [-0.1, -0.05) is 0 Å². The highest BCUT2D eigenvalue weighted by Crippen LogP contribution is 2.40. The number of methoxy groups -OCH3 is 1. The molecule has 0 radical (unpaired) electrons. The van der Waals surface area contributed by atoms with Crippen LogP contribution in [0.3, 0.4) is 0 Å². The summed E-state index contributed by atoms with van der Waals surface area (Å²) in [6.45, 7) is 3.45. The second kappa shape index (κ2) is 9.77. The maximum Gasteiger partial charge on any atom is 0.254 e. The van der Waals surface area contributed by atoms with E-state index in [-0.39, 0.29) is 18.0 Å². The lowest BCUT2D eigenvalue weighted by Crippen LogP contribution is -2.41. The number of benzene rings is 1. The number of anilines is 2. The summed E-state index contributed by atoms with van der Waals surface area (Å²) < 4.78 is 10.2. The van der Waals surface area contributed by atoms with Crippen LogP contribution in [0.15, 0.2) is 42.6 Å². The number of nitrogens with two attached hydrogens (primary N) is 1. The largest absolute Gasteiger partial charge is 0.494 e. The third-order valence-corrected chi connectivity index (χ3v) is 9.46. The molecule has 1 saturated heterocycles. The zero-order valence-corrected chi connectivity index (χ0v) is 24.6. The van der Waals surface area contributed by atoms with Crippen LogP contribution in [0.1, 0.15) is 41.9 Å². The monoisotopic (exact) mass is 577 g/mol. The first-order chi connectivity index (χ1) is 20.9. The van der Waals surface area contributed by atoms with Crippen molar-refractivity contribution in [2.24, 2.45) is 24.6 Å². The van der Waals surface area contributed by atoms with Crippen molar-refractivity contribution in [3.63, 3.8) is 0 Å². The van der Waals surface area contributed by atoms with Crippen LogP contribution in [-0.2, 0) is 13.6 Å². The average molecular weight is 578 g/mol. The third kappa shape index (κ3) is 4.32. The molecule has 2 bridgehead atoms. The van der Waals surface area contributed by atoms with E-state index >= 15 is 0 Å². The Morgan fingerprint density at radius 1 is 1.07 bits per heavy atom. The van der Waals surface area contributed by atoms with Crippen molar-refractivity contribution in [3.8, 4) is 17.3 Å². The zero-order chi connectivity index (χ0) is 29.4. The molecule has 0 spiro atoms. The van der Waals surface area contributed by atoms with Gasteiger partial charge in [-0.3, -0.25) is 4.79 Å². The molecule has 4 aromatic heterocycles. The van der Waals surface area contributed by atoms with Crippen molar-refractivity contribution in [2.45, 2.75) is 51.2 Å². The Hall–Kier alpha value is -4.51. The number of carbonyl (C=O) groups excluding carboxylic acids is 1. The maximum absolute atomic E-state index is 13.7. The second-order valence-electron chi connectivity index (χ2n) is 12.3. The zero-order valence-electron chi connectivity index (χ0n) is 24.6. The fourth-order valence-electron chi connectivity index (χ4n) is 7.05. The van der Waals surface area contributed by atoms with Gasteiger partial charge >= 0.3 is 0 Å². The van der Waals surface area contributed by atoms with Crippen LogP contribution in [0.4, 0.5) is 11.6 Å². The number of pyridine rings is 1. The summed E-state index contributed by atoms with van der Waals surface area (Å²) in [4.78, 5) is 34.4. The number of nitrogens with one attached hydrogen (secondary N) is 1. The van der Waals surface area contributed by atoms with E-state index < -0.39 is 0 Å². The number of aromatic nitrogens is 6. The lowest BCUT2D eigenvalue weighted by Gasteiger charge is -2.27. The molecule has 220 valence electrons. The standard InChI is InChI=1S/C32H35N9O2/c1-17-34-11-10-27(35-17)37-26-9-7-19-13-24(40(30(19)38-26)15-18-4-5-18)31-36-22-12-21(14-25(43-3)29(22)39(31)2)32(42)41-16-20-6-8-23(41)28(20)33/h7,9-14,18,20,23,28H,4-6,8,15-16,33H2,1-3H3,(H,34,35,37,38)/t20?,23?,28-/m1/s1. The molecular weight excluding hydrogens is 542 g/mol. The molecule has 1 aliphatic heterocycles. The number of nitrogens with zero attached hydrogens (tertiary/aromatic N) is 7. The first-order valence-electron chi connectivity index (χ1n) is 15.1. The molecule has 1 aromatic carbocycles. The van der Waals surface area contributed by atoms with Gasteiger partial charge in [0.05, 0.1) is 18.3 Å². The van der Waals surface area contributed by atoms with E-state index in [0.29, 0.717) is 34.8 Å². The summed E-state index contributed by atoms with van der Waals surface area (Å²) in [6.07, 6.45) is 6.23. The van der Waals surface area contributed by atoms with E-state index in [9.17, 15) is 4.79 Å². The fourth-order valence-corrected chi connectivity index (χ4v) is 7.05. The highest BCUT2D eigenvalue weighted by atomic mass is 16.5. The van der Waals surface area contributed by atoms with Gasteiger partial charge in [0.15, 0.2) is 5.82 Å². The SMILES string of the molecule is COc1cc(C(=O)N2CC3CCC2[C@@H]3N)cc2nc(-c3cc4ccc(Nc5ccnc(C)n5)nc4n3CC3CC3)n(C)c12. The molecule has 3 N–H and O–H groups in total. The number of likely N-dealkylation sites (tertiary alicyclic amines) is 1. The summed E-state index contributed by atoms with van der Waals surface area (Å²) in [5.74, 6) is 4.57. The fraction of sp³-hybridized carbons (Fsp3) is 0.406. The van der Waals surface area contributed by atoms with Gasteiger partial charge in [0.2, 0.25) is 0 Å². The lowest BCUT2D eigenvalue weighted by atomic mass is 10.1. The summed E-state index contributed by atoms with van der Waals surface area (Å²) >= 11 is 0. The Bertz CT molecular complexity index is 1910. The maximum atomic E-state index is 13.7. The second-order valence-corrected chi connectivity index (χ2v) is 12.3. The van der Waals surface area contributed by atoms with E-state index in [1.54, 1.807) is 13.3 Å². The van der Waals surface area contributed by atoms with Crippen LogP contribution >= 0.6 is 0 Å². The number of rotatable bonds is 7. The van der Waals surface area contributed by atoms with Crippen molar-refractivity contribution in [1.82, 2.24) is 34.0 Å². The Morgan fingerprint density at radius 3 is 2.63 bits per heavy atom. The number of amides is 1. The summed E-state index contributed by atoms with van der Waals surface area (Å²) in [7, 11) is 3.65. The van der Waals surface area contributed by atoms with Crippen molar-refractivity contribution < 1.29 is 9.53 Å². The van der Waals surface area contributed by atoms with E-state index in [0.717, 1.165) is 65.3 Å². The van der Waals surface area contributed by atoms with Crippen molar-refractivity contribution in [2.75, 3.05) is 19.0 Å². The van der Waals surface area contributed by atoms with Crippen LogP contribution in [0.2, 0.25) is 0 Å². The number of piperidine rings is 1. The molecule has 1 amide bonds. The summed E-state index contributed by atoms with van der Waals surface area (Å²) in [5, 5.41) is 4.36. The summed E-state index contributed by atoms with van der Waals surface area (Å²) in [5.41, 5.74) is 10.5. The first kappa shape index (κ1) is 26.1. The molecule has 8 rings (SSSR count). The highest BCUT2D eigenvalue weighted by molar-refractivity contribution is 6.00. The molecule has 2 unspecified atom stereocenters. The van der Waals surface area contributed by atoms with Crippen LogP contribution < -0.4 is 15.8 Å². The number of imidazole rings is 1. The van der Waals surface area contributed by atoms with Crippen LogP contribution in [0, 0.1) is 18.8 Å². The van der Waals surface area contributed by atoms with Crippen LogP contribution in [0.5, 0.6) is 5.75 Å². The Kier molecular flexibility index (Phi) is 5.94. The number of hydrogen-bond acceptors (Lipinski definition) is 8. The third-order valence-electron chi connectivity index (χ3n) is 9.46.